The van der Waals surface area contributed by atoms with Crippen LogP contribution in [0.3, 0.4) is 0 Å². The molecule has 8 N–H and O–H groups in total. The van der Waals surface area contributed by atoms with E-state index in [1.165, 1.54) is 32.1 Å². The van der Waals surface area contributed by atoms with E-state index in [2.05, 4.69) is 13.8 Å². The lowest BCUT2D eigenvalue weighted by Crippen LogP contribution is -2.14. The van der Waals surface area contributed by atoms with E-state index in [0.29, 0.717) is 89.1 Å². The van der Waals surface area contributed by atoms with Crippen molar-refractivity contribution in [2.75, 3.05) is 6.61 Å². The van der Waals surface area contributed by atoms with E-state index in [4.69, 9.17) is 5.11 Å². The van der Waals surface area contributed by atoms with Crippen LogP contribution in [0.5, 0.6) is 0 Å². The predicted octanol–water partition coefficient (Wildman–Crippen LogP) is 7.33. The molecule has 0 aromatic heterocycles. The van der Waals surface area contributed by atoms with Crippen molar-refractivity contribution in [1.82, 2.24) is 0 Å². The number of hydrogen-bond donors (Lipinski definition) is 8. The minimum absolute atomic E-state index is 0.289. The Hall–Kier alpha value is -0.320. The van der Waals surface area contributed by atoms with E-state index in [1.54, 1.807) is 6.92 Å². The first kappa shape index (κ1) is 47.7. The van der Waals surface area contributed by atoms with Crippen molar-refractivity contribution in [2.45, 2.75) is 237 Å². The summed E-state index contributed by atoms with van der Waals surface area (Å²) in [7, 11) is 0. The molecule has 0 saturated carbocycles. The van der Waals surface area contributed by atoms with Gasteiger partial charge < -0.3 is 40.9 Å². The van der Waals surface area contributed by atoms with Gasteiger partial charge in [-0.2, -0.15) is 0 Å². The Kier molecular flexibility index (Phi) is 32.4. The molecule has 9 unspecified atom stereocenters. The van der Waals surface area contributed by atoms with Crippen LogP contribution in [0.2, 0.25) is 0 Å². The number of unbranched alkanes of at least 4 members (excludes halogenated alkanes) is 2. The van der Waals surface area contributed by atoms with Gasteiger partial charge in [0.1, 0.15) is 0 Å². The second-order valence-electron chi connectivity index (χ2n) is 15.6. The number of aliphatic hydroxyl groups excluding tert-OH is 8. The lowest BCUT2D eigenvalue weighted by molar-refractivity contribution is 0.101. The fraction of sp³-hybridized carbons (Fsp3) is 1.00. The maximum absolute atomic E-state index is 10.4. The highest BCUT2D eigenvalue weighted by Crippen LogP contribution is 2.21. The number of hydrogen-bond acceptors (Lipinski definition) is 8. The SMILES string of the molecule is CC(O)CCCC(O)CCCC(O)CCCC(O)CCCC(O)CCCC(O)CCCC(O)CCCC(C)CCCCCC(C)CCO. The number of rotatable bonds is 36. The van der Waals surface area contributed by atoms with E-state index >= 15 is 0 Å². The summed E-state index contributed by atoms with van der Waals surface area (Å²) in [5, 5.41) is 79.8. The second kappa shape index (κ2) is 32.6. The van der Waals surface area contributed by atoms with Crippen molar-refractivity contribution < 1.29 is 40.9 Å². The van der Waals surface area contributed by atoms with E-state index < -0.39 is 18.3 Å². The van der Waals surface area contributed by atoms with Crippen molar-refractivity contribution >= 4 is 0 Å². The molecule has 0 aliphatic heterocycles. The number of aliphatic hydroxyl groups is 8. The van der Waals surface area contributed by atoms with Gasteiger partial charge in [0.05, 0.1) is 42.7 Å². The summed E-state index contributed by atoms with van der Waals surface area (Å²) in [5.41, 5.74) is 0. The van der Waals surface area contributed by atoms with Crippen molar-refractivity contribution in [3.05, 3.63) is 0 Å². The van der Waals surface area contributed by atoms with Gasteiger partial charge in [-0.1, -0.05) is 58.8 Å². The quantitative estimate of drug-likeness (QED) is 0.0317. The van der Waals surface area contributed by atoms with Gasteiger partial charge in [-0.15, -0.1) is 0 Å². The van der Waals surface area contributed by atoms with Gasteiger partial charge in [-0.25, -0.2) is 0 Å². The van der Waals surface area contributed by atoms with Crippen LogP contribution in [0.1, 0.15) is 194 Å². The zero-order chi connectivity index (χ0) is 36.0. The normalized spacial score (nSPS) is 17.8. The molecule has 0 heterocycles. The van der Waals surface area contributed by atoms with Gasteiger partial charge in [-0.3, -0.25) is 0 Å². The fourth-order valence-electron chi connectivity index (χ4n) is 6.83. The van der Waals surface area contributed by atoms with Crippen LogP contribution in [0.4, 0.5) is 0 Å². The highest BCUT2D eigenvalue weighted by atomic mass is 16.3. The van der Waals surface area contributed by atoms with Crippen LogP contribution in [-0.4, -0.2) is 90.2 Å². The third kappa shape index (κ3) is 32.9. The Bertz CT molecular complexity index is 665. The first-order valence-corrected chi connectivity index (χ1v) is 20.3. The van der Waals surface area contributed by atoms with Crippen LogP contribution < -0.4 is 0 Å². The smallest absolute Gasteiger partial charge is 0.0540 e. The zero-order valence-corrected chi connectivity index (χ0v) is 31.6. The van der Waals surface area contributed by atoms with E-state index in [9.17, 15) is 35.7 Å². The summed E-state index contributed by atoms with van der Waals surface area (Å²) in [6.07, 6.45) is 20.3. The Morgan fingerprint density at radius 1 is 0.271 bits per heavy atom. The fourth-order valence-corrected chi connectivity index (χ4v) is 6.83. The minimum atomic E-state index is -0.423. The molecular weight excluding hydrogens is 608 g/mol. The topological polar surface area (TPSA) is 162 Å². The van der Waals surface area contributed by atoms with Crippen LogP contribution in [0.15, 0.2) is 0 Å². The molecule has 0 spiro atoms. The van der Waals surface area contributed by atoms with E-state index in [-0.39, 0.29) is 24.4 Å². The minimum Gasteiger partial charge on any atom is -0.396 e. The summed E-state index contributed by atoms with van der Waals surface area (Å²) in [6.45, 7) is 6.59. The predicted molar refractivity (Wildman–Crippen MR) is 198 cm³/mol. The molecule has 9 atom stereocenters. The maximum atomic E-state index is 10.4. The second-order valence-corrected chi connectivity index (χ2v) is 15.6. The molecule has 0 aliphatic carbocycles. The molecule has 48 heavy (non-hydrogen) atoms. The van der Waals surface area contributed by atoms with Gasteiger partial charge in [-0.05, 0) is 147 Å². The summed E-state index contributed by atoms with van der Waals surface area (Å²) in [5.74, 6) is 1.32. The average molecular weight is 691 g/mol. The molecule has 8 nitrogen and oxygen atoms in total. The van der Waals surface area contributed by atoms with Gasteiger partial charge in [0.25, 0.3) is 0 Å². The molecule has 290 valence electrons. The summed E-state index contributed by atoms with van der Waals surface area (Å²) in [4.78, 5) is 0. The standard InChI is InChI=1S/C40H82O8/c1-32(14-5-4-6-15-33(2)30-31-41)16-7-18-35(43)20-9-22-37(45)24-11-26-39(47)28-13-29-40(48)27-12-25-38(46)23-10-21-36(44)19-8-17-34(3)42/h32-48H,4-31H2,1-3H3. The molecule has 0 aliphatic rings. The highest BCUT2D eigenvalue weighted by molar-refractivity contribution is 4.67. The van der Waals surface area contributed by atoms with Gasteiger partial charge in [0.2, 0.25) is 0 Å². The summed E-state index contributed by atoms with van der Waals surface area (Å²) in [6, 6.07) is 0. The van der Waals surface area contributed by atoms with Crippen LogP contribution in [0.25, 0.3) is 0 Å². The lowest BCUT2D eigenvalue weighted by atomic mass is 9.94. The molecule has 0 radical (unpaired) electrons. The molecule has 0 amide bonds. The third-order valence-electron chi connectivity index (χ3n) is 10.3. The highest BCUT2D eigenvalue weighted by Gasteiger charge is 2.13. The maximum Gasteiger partial charge on any atom is 0.0540 e. The summed E-state index contributed by atoms with van der Waals surface area (Å²) >= 11 is 0. The van der Waals surface area contributed by atoms with E-state index in [0.717, 1.165) is 70.6 Å². The van der Waals surface area contributed by atoms with Crippen molar-refractivity contribution in [3.63, 3.8) is 0 Å². The molecule has 0 aromatic carbocycles. The van der Waals surface area contributed by atoms with Crippen molar-refractivity contribution in [2.24, 2.45) is 11.8 Å². The van der Waals surface area contributed by atoms with E-state index in [1.807, 2.05) is 0 Å². The molecule has 0 fully saturated rings. The first-order valence-electron chi connectivity index (χ1n) is 20.3. The zero-order valence-electron chi connectivity index (χ0n) is 31.6. The summed E-state index contributed by atoms with van der Waals surface area (Å²) < 4.78 is 0. The Labute approximate surface area is 295 Å². The lowest BCUT2D eigenvalue weighted by Gasteiger charge is -2.16. The van der Waals surface area contributed by atoms with Crippen LogP contribution in [-0.2, 0) is 0 Å². The molecule has 0 rings (SSSR count). The monoisotopic (exact) mass is 691 g/mol. The Balaban J connectivity index is 3.68. The molecule has 0 bridgehead atoms. The van der Waals surface area contributed by atoms with Crippen molar-refractivity contribution in [1.29, 1.82) is 0 Å². The molecule has 8 heteroatoms. The van der Waals surface area contributed by atoms with Crippen molar-refractivity contribution in [3.8, 4) is 0 Å². The average Bonchev–Trinajstić information content (AvgIpc) is 3.01. The molecular formula is C40H82O8. The molecule has 0 saturated heterocycles. The third-order valence-corrected chi connectivity index (χ3v) is 10.3. The Morgan fingerprint density at radius 2 is 0.500 bits per heavy atom. The van der Waals surface area contributed by atoms with Crippen LogP contribution in [0, 0.1) is 11.8 Å². The van der Waals surface area contributed by atoms with Gasteiger partial charge in [0, 0.05) is 6.61 Å². The van der Waals surface area contributed by atoms with Gasteiger partial charge in [0.15, 0.2) is 0 Å². The first-order chi connectivity index (χ1) is 22.9. The molecule has 0 aromatic rings. The largest absolute Gasteiger partial charge is 0.396 e. The van der Waals surface area contributed by atoms with Gasteiger partial charge >= 0.3 is 0 Å². The van der Waals surface area contributed by atoms with Crippen LogP contribution >= 0.6 is 0 Å². The Morgan fingerprint density at radius 3 is 0.771 bits per heavy atom.